The van der Waals surface area contributed by atoms with Crippen molar-refractivity contribution in [2.45, 2.75) is 69.8 Å². The average Bonchev–Trinajstić information content (AvgIpc) is 3.12. The van der Waals surface area contributed by atoms with Crippen molar-refractivity contribution in [3.05, 3.63) is 70.3 Å². The molecule has 2 aromatic rings. The average molecular weight is 724 g/mol. The maximum absolute atomic E-state index is 13.5. The molecule has 1 aliphatic carbocycles. The number of nitrogens with zero attached hydrogens (tertiary/aromatic N) is 2. The number of aryl methyl sites for hydroxylation is 1. The Labute approximate surface area is 302 Å². The van der Waals surface area contributed by atoms with Gasteiger partial charge in [0.2, 0.25) is 10.0 Å². The first-order valence-corrected chi connectivity index (χ1v) is 20.0. The molecule has 2 aromatic carbocycles. The van der Waals surface area contributed by atoms with E-state index in [1.807, 2.05) is 37.3 Å². The SMILES string of the molecule is C#C[C@@]1(OCCN2CCOCC2)/C=C/C[C@H](C)[C@@H](C)S(=O)(=O)NC(=O)c2ccc3c(c2)N(CCCCc2cc(Cl)ccc2CO3)C[C@@H]2CC[C@H]21. The van der Waals surface area contributed by atoms with E-state index in [0.717, 1.165) is 69.5 Å². The van der Waals surface area contributed by atoms with Crippen molar-refractivity contribution < 1.29 is 27.4 Å². The quantitative estimate of drug-likeness (QED) is 0.310. The summed E-state index contributed by atoms with van der Waals surface area (Å²) in [5.74, 6) is 3.09. The number of carbonyl (C=O) groups is 1. The molecule has 9 nitrogen and oxygen atoms in total. The van der Waals surface area contributed by atoms with E-state index in [9.17, 15) is 13.2 Å². The van der Waals surface area contributed by atoms with Gasteiger partial charge in [0.15, 0.2) is 0 Å². The van der Waals surface area contributed by atoms with E-state index in [-0.39, 0.29) is 23.3 Å². The highest BCUT2D eigenvalue weighted by atomic mass is 35.5. The largest absolute Gasteiger partial charge is 0.487 e. The molecule has 1 N–H and O–H groups in total. The molecule has 270 valence electrons. The summed E-state index contributed by atoms with van der Waals surface area (Å²) in [4.78, 5) is 18.2. The summed E-state index contributed by atoms with van der Waals surface area (Å²) in [6, 6.07) is 11.1. The Kier molecular flexibility index (Phi) is 11.8. The number of nitrogens with one attached hydrogen (secondary N) is 1. The van der Waals surface area contributed by atoms with Gasteiger partial charge in [-0.3, -0.25) is 9.69 Å². The van der Waals surface area contributed by atoms with Crippen LogP contribution in [0, 0.1) is 30.1 Å². The van der Waals surface area contributed by atoms with Crippen molar-refractivity contribution >= 4 is 33.2 Å². The predicted octanol–water partition coefficient (Wildman–Crippen LogP) is 5.85. The number of terminal acetylenes is 1. The number of carbonyl (C=O) groups excluding carboxylic acids is 1. The maximum Gasteiger partial charge on any atom is 0.264 e. The summed E-state index contributed by atoms with van der Waals surface area (Å²) in [7, 11) is -3.98. The number of sulfonamides is 1. The molecule has 5 atom stereocenters. The minimum atomic E-state index is -3.98. The van der Waals surface area contributed by atoms with Crippen LogP contribution in [0.4, 0.5) is 5.69 Å². The summed E-state index contributed by atoms with van der Waals surface area (Å²) in [5.41, 5.74) is 2.34. The lowest BCUT2D eigenvalue weighted by molar-refractivity contribution is -0.0702. The fourth-order valence-electron chi connectivity index (χ4n) is 7.60. The first-order chi connectivity index (χ1) is 24.1. The van der Waals surface area contributed by atoms with Gasteiger partial charge in [-0.25, -0.2) is 13.1 Å². The number of allylic oxidation sites excluding steroid dienone is 1. The van der Waals surface area contributed by atoms with Gasteiger partial charge in [0.25, 0.3) is 5.91 Å². The molecule has 3 aliphatic heterocycles. The molecule has 2 bridgehead atoms. The number of hydrogen-bond acceptors (Lipinski definition) is 8. The monoisotopic (exact) mass is 723 g/mol. The summed E-state index contributed by atoms with van der Waals surface area (Å²) in [5, 5.41) is -0.121. The first-order valence-electron chi connectivity index (χ1n) is 18.0. The van der Waals surface area contributed by atoms with E-state index < -0.39 is 26.8 Å². The third kappa shape index (κ3) is 8.35. The number of hydrogen-bond donors (Lipinski definition) is 1. The third-order valence-electron chi connectivity index (χ3n) is 11.1. The van der Waals surface area contributed by atoms with Crippen LogP contribution in [0.1, 0.15) is 67.4 Å². The Hall–Kier alpha value is -3.07. The summed E-state index contributed by atoms with van der Waals surface area (Å²) in [6.07, 6.45) is 15.5. The number of halogens is 1. The number of anilines is 1. The Morgan fingerprint density at radius 3 is 2.66 bits per heavy atom. The van der Waals surface area contributed by atoms with E-state index in [4.69, 9.17) is 32.2 Å². The molecule has 6 rings (SSSR count). The Balaban J connectivity index is 1.36. The molecule has 1 saturated carbocycles. The minimum Gasteiger partial charge on any atom is -0.487 e. The van der Waals surface area contributed by atoms with E-state index in [0.29, 0.717) is 50.2 Å². The molecule has 0 unspecified atom stereocenters. The molecule has 50 heavy (non-hydrogen) atoms. The molecule has 4 aliphatic rings. The zero-order valence-corrected chi connectivity index (χ0v) is 30.8. The van der Waals surface area contributed by atoms with Crippen LogP contribution in [0.2, 0.25) is 5.02 Å². The van der Waals surface area contributed by atoms with Gasteiger partial charge in [0, 0.05) is 49.2 Å². The fourth-order valence-corrected chi connectivity index (χ4v) is 9.07. The van der Waals surface area contributed by atoms with Gasteiger partial charge in [0.05, 0.1) is 30.8 Å². The molecule has 0 radical (unpaired) electrons. The number of rotatable bonds is 4. The molecule has 0 aromatic heterocycles. The van der Waals surface area contributed by atoms with Crippen LogP contribution < -0.4 is 14.4 Å². The topological polar surface area (TPSA) is 97.4 Å². The van der Waals surface area contributed by atoms with Crippen molar-refractivity contribution in [1.29, 1.82) is 0 Å². The Morgan fingerprint density at radius 1 is 1.08 bits per heavy atom. The summed E-state index contributed by atoms with van der Waals surface area (Å²) >= 11 is 6.37. The Bertz CT molecular complexity index is 1700. The van der Waals surface area contributed by atoms with Crippen molar-refractivity contribution in [3.63, 3.8) is 0 Å². The van der Waals surface area contributed by atoms with Crippen molar-refractivity contribution in [3.8, 4) is 18.1 Å². The Morgan fingerprint density at radius 2 is 1.90 bits per heavy atom. The lowest BCUT2D eigenvalue weighted by Gasteiger charge is -2.48. The second-order valence-electron chi connectivity index (χ2n) is 14.3. The molecule has 1 amide bonds. The molecule has 11 heteroatoms. The molecule has 2 fully saturated rings. The van der Waals surface area contributed by atoms with Gasteiger partial charge in [0.1, 0.15) is 18.0 Å². The van der Waals surface area contributed by atoms with Crippen LogP contribution in [0.25, 0.3) is 0 Å². The zero-order chi connectivity index (χ0) is 35.3. The van der Waals surface area contributed by atoms with Gasteiger partial charge < -0.3 is 19.1 Å². The fraction of sp³-hybridized carbons (Fsp3) is 0.564. The van der Waals surface area contributed by atoms with Gasteiger partial charge in [-0.2, -0.15) is 0 Å². The lowest BCUT2D eigenvalue weighted by Crippen LogP contribution is -2.51. The number of fused-ring (bicyclic) bond motifs is 3. The van der Waals surface area contributed by atoms with Crippen LogP contribution in [0.5, 0.6) is 5.75 Å². The molecular weight excluding hydrogens is 674 g/mol. The standard InChI is InChI=1S/C39H50ClN3O6S/c1-4-39(49-23-20-42-18-21-47-22-19-42)16-7-8-28(2)29(3)50(45,46)41-38(44)31-12-15-37-36(25-31)43(26-32-11-14-35(32)39)17-6-5-9-30-24-34(40)13-10-33(30)27-48-37/h1,7,10,12-13,15-16,24-25,28-29,32,35H,5-6,8-9,11,14,17-23,26-27H2,2-3H3,(H,41,44)/b16-7+/t28-,29+,32-,35+,39+/m0/s1. The van der Waals surface area contributed by atoms with Crippen LogP contribution >= 0.6 is 11.6 Å². The van der Waals surface area contributed by atoms with Gasteiger partial charge in [-0.05, 0) is 105 Å². The van der Waals surface area contributed by atoms with Gasteiger partial charge >= 0.3 is 0 Å². The second kappa shape index (κ2) is 16.1. The van der Waals surface area contributed by atoms with Crippen LogP contribution in [-0.4, -0.2) is 82.6 Å². The normalized spacial score (nSPS) is 29.8. The van der Waals surface area contributed by atoms with Gasteiger partial charge in [-0.15, -0.1) is 6.42 Å². The maximum atomic E-state index is 13.5. The summed E-state index contributed by atoms with van der Waals surface area (Å²) < 4.78 is 48.1. The van der Waals surface area contributed by atoms with Gasteiger partial charge in [-0.1, -0.05) is 36.6 Å². The second-order valence-corrected chi connectivity index (χ2v) is 16.7. The lowest BCUT2D eigenvalue weighted by atomic mass is 9.64. The van der Waals surface area contributed by atoms with E-state index in [2.05, 4.69) is 20.4 Å². The molecule has 0 spiro atoms. The van der Waals surface area contributed by atoms with E-state index in [1.165, 1.54) is 5.56 Å². The number of benzene rings is 2. The number of amides is 1. The highest BCUT2D eigenvalue weighted by Gasteiger charge is 2.47. The highest BCUT2D eigenvalue weighted by Crippen LogP contribution is 2.46. The molecular formula is C39H50ClN3O6S. The van der Waals surface area contributed by atoms with Crippen molar-refractivity contribution in [1.82, 2.24) is 9.62 Å². The number of morpholine rings is 1. The van der Waals surface area contributed by atoms with E-state index >= 15 is 0 Å². The highest BCUT2D eigenvalue weighted by molar-refractivity contribution is 7.90. The van der Waals surface area contributed by atoms with Crippen LogP contribution in [0.15, 0.2) is 48.6 Å². The molecule has 3 heterocycles. The first kappa shape index (κ1) is 36.7. The van der Waals surface area contributed by atoms with Crippen LogP contribution in [-0.2, 0) is 32.5 Å². The summed E-state index contributed by atoms with van der Waals surface area (Å²) in [6.45, 7) is 9.70. The smallest absolute Gasteiger partial charge is 0.264 e. The van der Waals surface area contributed by atoms with Crippen molar-refractivity contribution in [2.75, 3.05) is 57.4 Å². The molecule has 1 saturated heterocycles. The van der Waals surface area contributed by atoms with Crippen molar-refractivity contribution in [2.24, 2.45) is 17.8 Å². The third-order valence-corrected chi connectivity index (χ3v) is 13.3. The number of ether oxygens (including phenoxy) is 3. The predicted molar refractivity (Wildman–Crippen MR) is 197 cm³/mol. The zero-order valence-electron chi connectivity index (χ0n) is 29.2. The van der Waals surface area contributed by atoms with E-state index in [1.54, 1.807) is 25.1 Å². The van der Waals surface area contributed by atoms with Crippen LogP contribution in [0.3, 0.4) is 0 Å². The minimum absolute atomic E-state index is 0.0678.